The third-order valence-corrected chi connectivity index (χ3v) is 8.22. The van der Waals surface area contributed by atoms with Gasteiger partial charge in [-0.2, -0.15) is 0 Å². The lowest BCUT2D eigenvalue weighted by atomic mass is 9.92. The lowest BCUT2D eigenvalue weighted by Crippen LogP contribution is -2.22. The first-order valence-corrected chi connectivity index (χ1v) is 17.7. The Hall–Kier alpha value is -0.545. The van der Waals surface area contributed by atoms with Crippen molar-refractivity contribution in [3.63, 3.8) is 0 Å². The maximum Gasteiger partial charge on any atom is 0.305 e. The molecule has 2 radical (unpaired) electrons. The van der Waals surface area contributed by atoms with Gasteiger partial charge >= 0.3 is 5.97 Å². The standard InChI is InChI=1S/C35H69BO4/c1-5-9-15-21-32(20-12-8-4)26-30-39-35(25-24-34(37)38-29-19-14-13-18-28-36)40-31-27-33(22-16-10-6-2)23-17-11-7-3/h32-33,35H,5-31H2,1-4H3. The fourth-order valence-corrected chi connectivity index (χ4v) is 5.45. The predicted molar refractivity (Wildman–Crippen MR) is 173 cm³/mol. The molecule has 0 amide bonds. The van der Waals surface area contributed by atoms with Gasteiger partial charge in [0.05, 0.1) is 20.9 Å². The number of carbonyl (C=O) groups is 1. The molecule has 4 nitrogen and oxygen atoms in total. The quantitative estimate of drug-likeness (QED) is 0.0353. The average Bonchev–Trinajstić information content (AvgIpc) is 2.95. The summed E-state index contributed by atoms with van der Waals surface area (Å²) in [5.74, 6) is 1.34. The van der Waals surface area contributed by atoms with Crippen LogP contribution in [0, 0.1) is 11.8 Å². The van der Waals surface area contributed by atoms with Crippen molar-refractivity contribution >= 4 is 13.8 Å². The van der Waals surface area contributed by atoms with Gasteiger partial charge in [0.15, 0.2) is 6.29 Å². The molecular weight excluding hydrogens is 495 g/mol. The van der Waals surface area contributed by atoms with Crippen molar-refractivity contribution in [3.8, 4) is 0 Å². The highest BCUT2D eigenvalue weighted by molar-refractivity contribution is 6.08. The summed E-state index contributed by atoms with van der Waals surface area (Å²) < 4.78 is 18.1. The van der Waals surface area contributed by atoms with E-state index in [1.165, 1.54) is 96.3 Å². The Morgan fingerprint density at radius 2 is 1.00 bits per heavy atom. The molecule has 0 aromatic heterocycles. The molecule has 0 rings (SSSR count). The second-order valence-electron chi connectivity index (χ2n) is 12.1. The van der Waals surface area contributed by atoms with E-state index >= 15 is 0 Å². The summed E-state index contributed by atoms with van der Waals surface area (Å²) in [6.45, 7) is 11.1. The van der Waals surface area contributed by atoms with E-state index in [-0.39, 0.29) is 12.3 Å². The van der Waals surface area contributed by atoms with Crippen LogP contribution in [0.3, 0.4) is 0 Å². The summed E-state index contributed by atoms with van der Waals surface area (Å²) in [5.41, 5.74) is 0. The number of ether oxygens (including phenoxy) is 3. The molecule has 2 unspecified atom stereocenters. The molecule has 0 spiro atoms. The van der Waals surface area contributed by atoms with Crippen LogP contribution in [-0.4, -0.2) is 39.9 Å². The van der Waals surface area contributed by atoms with Gasteiger partial charge in [-0.05, 0) is 31.1 Å². The van der Waals surface area contributed by atoms with Crippen LogP contribution in [0.15, 0.2) is 0 Å². The second-order valence-corrected chi connectivity index (χ2v) is 12.1. The van der Waals surface area contributed by atoms with Gasteiger partial charge in [-0.15, -0.1) is 0 Å². The molecule has 0 saturated heterocycles. The highest BCUT2D eigenvalue weighted by atomic mass is 16.7. The van der Waals surface area contributed by atoms with Gasteiger partial charge in [0, 0.05) is 19.6 Å². The molecule has 0 heterocycles. The number of hydrogen-bond acceptors (Lipinski definition) is 4. The number of hydrogen-bond donors (Lipinski definition) is 0. The van der Waals surface area contributed by atoms with Gasteiger partial charge in [0.2, 0.25) is 0 Å². The van der Waals surface area contributed by atoms with E-state index in [0.717, 1.165) is 69.9 Å². The van der Waals surface area contributed by atoms with E-state index in [1.807, 2.05) is 0 Å². The Balaban J connectivity index is 4.78. The highest BCUT2D eigenvalue weighted by Crippen LogP contribution is 2.23. The van der Waals surface area contributed by atoms with Crippen molar-refractivity contribution < 1.29 is 19.0 Å². The summed E-state index contributed by atoms with van der Waals surface area (Å²) in [5, 5.41) is 0. The Kier molecular flexibility index (Phi) is 31.0. The molecule has 0 N–H and O–H groups in total. The van der Waals surface area contributed by atoms with Crippen LogP contribution < -0.4 is 0 Å². The van der Waals surface area contributed by atoms with Crippen molar-refractivity contribution in [2.24, 2.45) is 11.8 Å². The van der Waals surface area contributed by atoms with Crippen LogP contribution >= 0.6 is 0 Å². The van der Waals surface area contributed by atoms with Gasteiger partial charge in [-0.25, -0.2) is 0 Å². The monoisotopic (exact) mass is 565 g/mol. The third kappa shape index (κ3) is 26.4. The Bertz CT molecular complexity index is 506. The first kappa shape index (κ1) is 39.5. The summed E-state index contributed by atoms with van der Waals surface area (Å²) in [4.78, 5) is 12.4. The summed E-state index contributed by atoms with van der Waals surface area (Å²) in [6.07, 6.45) is 27.2. The van der Waals surface area contributed by atoms with Crippen LogP contribution in [0.25, 0.3) is 0 Å². The third-order valence-electron chi connectivity index (χ3n) is 8.22. The van der Waals surface area contributed by atoms with Crippen LogP contribution in [0.2, 0.25) is 6.32 Å². The number of rotatable bonds is 32. The molecule has 5 heteroatoms. The molecule has 236 valence electrons. The normalized spacial score (nSPS) is 13.1. The smallest absolute Gasteiger partial charge is 0.305 e. The van der Waals surface area contributed by atoms with Crippen molar-refractivity contribution in [2.45, 2.75) is 188 Å². The summed E-state index contributed by atoms with van der Waals surface area (Å²) >= 11 is 0. The van der Waals surface area contributed by atoms with E-state index in [9.17, 15) is 4.79 Å². The molecule has 0 aromatic carbocycles. The zero-order valence-corrected chi connectivity index (χ0v) is 27.5. The number of carbonyl (C=O) groups excluding carboxylic acids is 1. The maximum absolute atomic E-state index is 12.4. The van der Waals surface area contributed by atoms with Gasteiger partial charge in [0.1, 0.15) is 0 Å². The van der Waals surface area contributed by atoms with Crippen molar-refractivity contribution in [1.82, 2.24) is 0 Å². The van der Waals surface area contributed by atoms with E-state index in [0.29, 0.717) is 19.4 Å². The molecule has 40 heavy (non-hydrogen) atoms. The summed E-state index contributed by atoms with van der Waals surface area (Å²) in [6, 6.07) is 0. The second kappa shape index (κ2) is 31.4. The maximum atomic E-state index is 12.4. The van der Waals surface area contributed by atoms with Crippen molar-refractivity contribution in [1.29, 1.82) is 0 Å². The minimum atomic E-state index is -0.313. The van der Waals surface area contributed by atoms with Crippen LogP contribution in [-0.2, 0) is 19.0 Å². The van der Waals surface area contributed by atoms with E-state index in [1.54, 1.807) is 0 Å². The first-order chi connectivity index (χ1) is 19.6. The highest BCUT2D eigenvalue weighted by Gasteiger charge is 2.17. The molecular formula is C35H69BO4. The molecule has 0 aliphatic rings. The van der Waals surface area contributed by atoms with Gasteiger partial charge in [-0.3, -0.25) is 4.79 Å². The van der Waals surface area contributed by atoms with E-state index in [4.69, 9.17) is 22.1 Å². The first-order valence-electron chi connectivity index (χ1n) is 17.7. The zero-order valence-electron chi connectivity index (χ0n) is 27.5. The fourth-order valence-electron chi connectivity index (χ4n) is 5.45. The molecule has 0 aliphatic carbocycles. The lowest BCUT2D eigenvalue weighted by molar-refractivity contribution is -0.161. The largest absolute Gasteiger partial charge is 0.466 e. The molecule has 2 atom stereocenters. The Labute approximate surface area is 252 Å². The van der Waals surface area contributed by atoms with Gasteiger partial charge in [-0.1, -0.05) is 150 Å². The molecule has 0 bridgehead atoms. The minimum Gasteiger partial charge on any atom is -0.466 e. The molecule has 0 aliphatic heterocycles. The van der Waals surface area contributed by atoms with Gasteiger partial charge < -0.3 is 14.2 Å². The predicted octanol–water partition coefficient (Wildman–Crippen LogP) is 10.8. The fraction of sp³-hybridized carbons (Fsp3) is 0.971. The van der Waals surface area contributed by atoms with Crippen LogP contribution in [0.1, 0.15) is 175 Å². The van der Waals surface area contributed by atoms with Crippen LogP contribution in [0.5, 0.6) is 0 Å². The topological polar surface area (TPSA) is 44.8 Å². The molecule has 0 saturated carbocycles. The zero-order chi connectivity index (χ0) is 29.5. The van der Waals surface area contributed by atoms with Gasteiger partial charge in [0.25, 0.3) is 0 Å². The lowest BCUT2D eigenvalue weighted by Gasteiger charge is -2.23. The molecule has 0 aromatic rings. The number of unbranched alkanes of at least 4 members (excludes halogenated alkanes) is 10. The Morgan fingerprint density at radius 3 is 1.48 bits per heavy atom. The van der Waals surface area contributed by atoms with Crippen molar-refractivity contribution in [2.75, 3.05) is 19.8 Å². The minimum absolute atomic E-state index is 0.131. The van der Waals surface area contributed by atoms with Crippen LogP contribution in [0.4, 0.5) is 0 Å². The summed E-state index contributed by atoms with van der Waals surface area (Å²) in [7, 11) is 5.56. The number of esters is 1. The van der Waals surface area contributed by atoms with E-state index < -0.39 is 0 Å². The Morgan fingerprint density at radius 1 is 0.525 bits per heavy atom. The SMILES string of the molecule is [B]CCCCCCOC(=O)CCC(OCCC(CCCC)CCCCC)OCCC(CCCCC)CCCCC. The van der Waals surface area contributed by atoms with E-state index in [2.05, 4.69) is 27.7 Å². The average molecular weight is 565 g/mol. The van der Waals surface area contributed by atoms with Crippen molar-refractivity contribution in [3.05, 3.63) is 0 Å². The molecule has 0 fully saturated rings.